The number of halogens is 1. The Morgan fingerprint density at radius 1 is 1.44 bits per heavy atom. The van der Waals surface area contributed by atoms with Crippen molar-refractivity contribution in [3.63, 3.8) is 0 Å². The number of aromatic nitrogens is 2. The summed E-state index contributed by atoms with van der Waals surface area (Å²) in [6.45, 7) is 7.61. The third-order valence-corrected chi connectivity index (χ3v) is 3.04. The van der Waals surface area contributed by atoms with Gasteiger partial charge in [-0.15, -0.1) is 0 Å². The predicted octanol–water partition coefficient (Wildman–Crippen LogP) is 1.74. The molecule has 0 N–H and O–H groups in total. The second-order valence-corrected chi connectivity index (χ2v) is 5.00. The van der Waals surface area contributed by atoms with Crippen molar-refractivity contribution in [1.82, 2.24) is 14.9 Å². The van der Waals surface area contributed by atoms with Gasteiger partial charge in [-0.25, -0.2) is 4.98 Å². The van der Waals surface area contributed by atoms with E-state index in [1.54, 1.807) is 12.4 Å². The van der Waals surface area contributed by atoms with E-state index in [2.05, 4.69) is 28.7 Å². The zero-order valence-corrected chi connectivity index (χ0v) is 10.4. The average molecular weight is 242 g/mol. The van der Waals surface area contributed by atoms with Crippen molar-refractivity contribution in [3.05, 3.63) is 23.2 Å². The van der Waals surface area contributed by atoms with Crippen LogP contribution >= 0.6 is 11.6 Å². The van der Waals surface area contributed by atoms with Gasteiger partial charge in [0.05, 0.1) is 31.3 Å². The van der Waals surface area contributed by atoms with E-state index < -0.39 is 0 Å². The summed E-state index contributed by atoms with van der Waals surface area (Å²) in [4.78, 5) is 10.7. The number of hydrogen-bond donors (Lipinski definition) is 0. The van der Waals surface area contributed by atoms with Gasteiger partial charge in [-0.3, -0.25) is 9.88 Å². The molecule has 0 saturated carbocycles. The van der Waals surface area contributed by atoms with E-state index in [1.165, 1.54) is 0 Å². The van der Waals surface area contributed by atoms with Gasteiger partial charge in [-0.2, -0.15) is 0 Å². The molecule has 5 heteroatoms. The molecule has 4 nitrogen and oxygen atoms in total. The molecule has 16 heavy (non-hydrogen) atoms. The second-order valence-electron chi connectivity index (χ2n) is 4.62. The minimum atomic E-state index is 0.0551. The van der Waals surface area contributed by atoms with Crippen LogP contribution in [0.5, 0.6) is 0 Å². The molecular weight excluding hydrogens is 226 g/mol. The third kappa shape index (κ3) is 2.70. The van der Waals surface area contributed by atoms with Crippen LogP contribution < -0.4 is 0 Å². The van der Waals surface area contributed by atoms with Gasteiger partial charge in [0.25, 0.3) is 0 Å². The maximum absolute atomic E-state index is 5.70. The molecule has 2 heterocycles. The normalized spacial score (nSPS) is 20.9. The molecule has 0 spiro atoms. The van der Waals surface area contributed by atoms with E-state index in [1.807, 2.05) is 0 Å². The van der Waals surface area contributed by atoms with Gasteiger partial charge in [0.15, 0.2) is 0 Å². The fourth-order valence-electron chi connectivity index (χ4n) is 1.80. The van der Waals surface area contributed by atoms with Crippen molar-refractivity contribution >= 4 is 11.6 Å². The van der Waals surface area contributed by atoms with Crippen molar-refractivity contribution in [1.29, 1.82) is 0 Å². The minimum absolute atomic E-state index is 0.0551. The van der Waals surface area contributed by atoms with Crippen LogP contribution in [0.4, 0.5) is 0 Å². The first-order valence-electron chi connectivity index (χ1n) is 5.37. The quantitative estimate of drug-likeness (QED) is 0.791. The number of nitrogens with zero attached hydrogens (tertiary/aromatic N) is 3. The molecule has 0 atom stereocenters. The van der Waals surface area contributed by atoms with Crippen LogP contribution in [0.3, 0.4) is 0 Å². The largest absolute Gasteiger partial charge is 0.378 e. The summed E-state index contributed by atoms with van der Waals surface area (Å²) in [5.41, 5.74) is 0.999. The van der Waals surface area contributed by atoms with Crippen LogP contribution in [0.2, 0.25) is 5.15 Å². The van der Waals surface area contributed by atoms with Crippen LogP contribution in [0, 0.1) is 0 Å². The average Bonchev–Trinajstić information content (AvgIpc) is 2.24. The lowest BCUT2D eigenvalue weighted by Gasteiger charge is -2.41. The Hall–Kier alpha value is -0.710. The van der Waals surface area contributed by atoms with E-state index in [4.69, 9.17) is 16.3 Å². The van der Waals surface area contributed by atoms with Crippen molar-refractivity contribution in [2.45, 2.75) is 25.9 Å². The molecule has 0 aliphatic carbocycles. The van der Waals surface area contributed by atoms with Crippen LogP contribution in [0.25, 0.3) is 0 Å². The number of ether oxygens (including phenoxy) is 1. The van der Waals surface area contributed by atoms with Crippen LogP contribution in [0.15, 0.2) is 12.4 Å². The Morgan fingerprint density at radius 2 is 2.25 bits per heavy atom. The topological polar surface area (TPSA) is 38.2 Å². The highest BCUT2D eigenvalue weighted by molar-refractivity contribution is 6.29. The lowest BCUT2D eigenvalue weighted by atomic mass is 10.0. The molecule has 1 aliphatic heterocycles. The summed E-state index contributed by atoms with van der Waals surface area (Å²) in [5, 5.41) is 0.435. The molecule has 88 valence electrons. The molecule has 0 unspecified atom stereocenters. The Labute approximate surface area is 101 Å². The monoisotopic (exact) mass is 241 g/mol. The van der Waals surface area contributed by atoms with Gasteiger partial charge in [-0.05, 0) is 13.8 Å². The van der Waals surface area contributed by atoms with Gasteiger partial charge in [0, 0.05) is 18.6 Å². The van der Waals surface area contributed by atoms with Crippen LogP contribution in [0.1, 0.15) is 19.5 Å². The lowest BCUT2D eigenvalue weighted by molar-refractivity contribution is -0.0558. The van der Waals surface area contributed by atoms with Crippen LogP contribution in [-0.2, 0) is 11.3 Å². The Kier molecular flexibility index (Phi) is 3.42. The number of morpholine rings is 1. The van der Waals surface area contributed by atoms with E-state index in [-0.39, 0.29) is 5.54 Å². The molecular formula is C11H16ClN3O. The highest BCUT2D eigenvalue weighted by atomic mass is 35.5. The van der Waals surface area contributed by atoms with Crippen molar-refractivity contribution in [2.24, 2.45) is 0 Å². The SMILES string of the molecule is CC1(C)COCCN1Cc1cnc(Cl)cn1. The lowest BCUT2D eigenvalue weighted by Crippen LogP contribution is -2.52. The maximum atomic E-state index is 5.70. The molecule has 0 radical (unpaired) electrons. The van der Waals surface area contributed by atoms with E-state index in [0.29, 0.717) is 5.15 Å². The van der Waals surface area contributed by atoms with Crippen molar-refractivity contribution in [3.8, 4) is 0 Å². The van der Waals surface area contributed by atoms with Gasteiger partial charge in [0.1, 0.15) is 5.15 Å². The molecule has 0 bridgehead atoms. The Bertz CT molecular complexity index is 353. The second kappa shape index (κ2) is 4.65. The maximum Gasteiger partial charge on any atom is 0.147 e. The highest BCUT2D eigenvalue weighted by Crippen LogP contribution is 2.20. The zero-order valence-electron chi connectivity index (χ0n) is 9.61. The Morgan fingerprint density at radius 3 is 2.88 bits per heavy atom. The molecule has 1 fully saturated rings. The molecule has 1 aromatic heterocycles. The first-order valence-corrected chi connectivity index (χ1v) is 5.75. The van der Waals surface area contributed by atoms with E-state index in [9.17, 15) is 0 Å². The molecule has 2 rings (SSSR count). The number of hydrogen-bond acceptors (Lipinski definition) is 4. The summed E-state index contributed by atoms with van der Waals surface area (Å²) < 4.78 is 5.47. The van der Waals surface area contributed by atoms with Gasteiger partial charge >= 0.3 is 0 Å². The summed E-state index contributed by atoms with van der Waals surface area (Å²) in [5.74, 6) is 0. The summed E-state index contributed by atoms with van der Waals surface area (Å²) >= 11 is 5.70. The van der Waals surface area contributed by atoms with E-state index in [0.717, 1.165) is 32.0 Å². The number of rotatable bonds is 2. The Balaban J connectivity index is 2.05. The fourth-order valence-corrected chi connectivity index (χ4v) is 1.90. The molecule has 0 aromatic carbocycles. The molecule has 1 aliphatic rings. The molecule has 1 saturated heterocycles. The highest BCUT2D eigenvalue weighted by Gasteiger charge is 2.30. The minimum Gasteiger partial charge on any atom is -0.378 e. The van der Waals surface area contributed by atoms with Crippen LogP contribution in [-0.4, -0.2) is 40.2 Å². The third-order valence-electron chi connectivity index (χ3n) is 2.84. The van der Waals surface area contributed by atoms with Gasteiger partial charge in [0.2, 0.25) is 0 Å². The summed E-state index contributed by atoms with van der Waals surface area (Å²) in [6, 6.07) is 0. The zero-order chi connectivity index (χ0) is 11.6. The molecule has 0 amide bonds. The van der Waals surface area contributed by atoms with E-state index >= 15 is 0 Å². The smallest absolute Gasteiger partial charge is 0.147 e. The standard InChI is InChI=1S/C11H16ClN3O/c1-11(2)8-16-4-3-15(11)7-9-5-14-10(12)6-13-9/h5-6H,3-4,7-8H2,1-2H3. The summed E-state index contributed by atoms with van der Waals surface area (Å²) in [6.07, 6.45) is 3.32. The first-order chi connectivity index (χ1) is 7.58. The van der Waals surface area contributed by atoms with Gasteiger partial charge in [-0.1, -0.05) is 11.6 Å². The fraction of sp³-hybridized carbons (Fsp3) is 0.636. The summed E-state index contributed by atoms with van der Waals surface area (Å²) in [7, 11) is 0. The van der Waals surface area contributed by atoms with Gasteiger partial charge < -0.3 is 4.74 Å². The van der Waals surface area contributed by atoms with Crippen molar-refractivity contribution < 1.29 is 4.74 Å². The predicted molar refractivity (Wildman–Crippen MR) is 62.4 cm³/mol. The first kappa shape index (κ1) is 11.8. The molecule has 1 aromatic rings. The van der Waals surface area contributed by atoms with Crippen molar-refractivity contribution in [2.75, 3.05) is 19.8 Å².